The van der Waals surface area contributed by atoms with E-state index in [1.807, 2.05) is 56.3 Å². The van der Waals surface area contributed by atoms with Crippen molar-refractivity contribution in [1.82, 2.24) is 4.98 Å². The Morgan fingerprint density at radius 1 is 1.00 bits per heavy atom. The number of methoxy groups -OCH3 is 1. The molecule has 0 unspecified atom stereocenters. The number of thiazole rings is 1. The molecule has 4 rings (SSSR count). The minimum atomic E-state index is -3.84. The molecule has 0 N–H and O–H groups in total. The molecule has 0 bridgehead atoms. The Kier molecular flexibility index (Phi) is 6.49. The lowest BCUT2D eigenvalue weighted by Gasteiger charge is -2.20. The molecule has 0 aliphatic rings. The third kappa shape index (κ3) is 5.07. The van der Waals surface area contributed by atoms with Crippen LogP contribution >= 0.6 is 11.3 Å². The highest BCUT2D eigenvalue weighted by molar-refractivity contribution is 7.92. The van der Waals surface area contributed by atoms with Gasteiger partial charge in [-0.05, 0) is 66.9 Å². The number of carbonyl (C=O) groups is 1. The Morgan fingerprint density at radius 2 is 1.67 bits per heavy atom. The van der Waals surface area contributed by atoms with Gasteiger partial charge in [0.05, 0.1) is 28.8 Å². The molecular formula is C25H24N2O4S2. The van der Waals surface area contributed by atoms with E-state index < -0.39 is 21.5 Å². The molecule has 8 heteroatoms. The lowest BCUT2D eigenvalue weighted by molar-refractivity contribution is -0.116. The monoisotopic (exact) mass is 480 g/mol. The maximum Gasteiger partial charge on any atom is 0.244 e. The second kappa shape index (κ2) is 9.33. The summed E-state index contributed by atoms with van der Waals surface area (Å²) >= 11 is 1.39. The SMILES string of the molecule is COc1ccc(S(=O)(=O)CC(=O)N(Cc2ccccc2)c2nc3cc(C)c(C)cc3s2)cc1. The number of aryl methyl sites for hydroxylation is 2. The number of benzene rings is 3. The van der Waals surface area contributed by atoms with E-state index in [1.54, 1.807) is 12.1 Å². The summed E-state index contributed by atoms with van der Waals surface area (Å²) in [5.74, 6) is -0.631. The molecule has 0 aliphatic carbocycles. The number of amides is 1. The molecule has 170 valence electrons. The molecule has 0 spiro atoms. The first kappa shape index (κ1) is 22.9. The second-order valence-corrected chi connectivity index (χ2v) is 10.8. The number of ether oxygens (including phenoxy) is 1. The number of sulfone groups is 1. The smallest absolute Gasteiger partial charge is 0.244 e. The van der Waals surface area contributed by atoms with E-state index >= 15 is 0 Å². The zero-order chi connectivity index (χ0) is 23.6. The molecule has 1 amide bonds. The van der Waals surface area contributed by atoms with E-state index in [9.17, 15) is 13.2 Å². The Hall–Kier alpha value is -3.23. The second-order valence-electron chi connectivity index (χ2n) is 7.80. The summed E-state index contributed by atoms with van der Waals surface area (Å²) in [7, 11) is -2.33. The maximum atomic E-state index is 13.4. The van der Waals surface area contributed by atoms with Crippen molar-refractivity contribution in [2.24, 2.45) is 0 Å². The topological polar surface area (TPSA) is 76.6 Å². The van der Waals surface area contributed by atoms with Crippen LogP contribution in [0.4, 0.5) is 5.13 Å². The number of hydrogen-bond acceptors (Lipinski definition) is 6. The van der Waals surface area contributed by atoms with Crippen LogP contribution in [0.3, 0.4) is 0 Å². The third-order valence-corrected chi connectivity index (χ3v) is 8.10. The number of carbonyl (C=O) groups excluding carboxylic acids is 1. The van der Waals surface area contributed by atoms with Gasteiger partial charge in [-0.2, -0.15) is 0 Å². The van der Waals surface area contributed by atoms with Crippen LogP contribution in [-0.2, 0) is 21.2 Å². The molecule has 0 atom stereocenters. The van der Waals surface area contributed by atoms with E-state index in [2.05, 4.69) is 4.98 Å². The Morgan fingerprint density at radius 3 is 2.33 bits per heavy atom. The summed E-state index contributed by atoms with van der Waals surface area (Å²) < 4.78 is 32.0. The normalized spacial score (nSPS) is 11.5. The number of anilines is 1. The van der Waals surface area contributed by atoms with Crippen LogP contribution in [0.2, 0.25) is 0 Å². The lowest BCUT2D eigenvalue weighted by Crippen LogP contribution is -2.35. The Balaban J connectivity index is 1.69. The van der Waals surface area contributed by atoms with Crippen molar-refractivity contribution in [3.63, 3.8) is 0 Å². The van der Waals surface area contributed by atoms with Crippen LogP contribution in [0.15, 0.2) is 71.6 Å². The van der Waals surface area contributed by atoms with E-state index in [1.165, 1.54) is 35.5 Å². The minimum Gasteiger partial charge on any atom is -0.497 e. The molecule has 0 saturated carbocycles. The molecule has 1 aromatic heterocycles. The van der Waals surface area contributed by atoms with Crippen molar-refractivity contribution in [1.29, 1.82) is 0 Å². The number of rotatable bonds is 7. The molecule has 0 aliphatic heterocycles. The number of nitrogens with zero attached hydrogens (tertiary/aromatic N) is 2. The fourth-order valence-electron chi connectivity index (χ4n) is 3.42. The minimum absolute atomic E-state index is 0.0758. The van der Waals surface area contributed by atoms with E-state index in [0.717, 1.165) is 26.9 Å². The van der Waals surface area contributed by atoms with Gasteiger partial charge in [0.25, 0.3) is 0 Å². The molecule has 1 heterocycles. The van der Waals surface area contributed by atoms with Crippen molar-refractivity contribution in [2.75, 3.05) is 17.8 Å². The van der Waals surface area contributed by atoms with Crippen LogP contribution < -0.4 is 9.64 Å². The highest BCUT2D eigenvalue weighted by Gasteiger charge is 2.27. The van der Waals surface area contributed by atoms with Gasteiger partial charge in [-0.1, -0.05) is 41.7 Å². The van der Waals surface area contributed by atoms with Gasteiger partial charge in [0.1, 0.15) is 11.5 Å². The highest BCUT2D eigenvalue weighted by Crippen LogP contribution is 2.32. The van der Waals surface area contributed by atoms with Gasteiger partial charge >= 0.3 is 0 Å². The van der Waals surface area contributed by atoms with Gasteiger partial charge in [-0.25, -0.2) is 13.4 Å². The first-order valence-electron chi connectivity index (χ1n) is 10.4. The predicted octanol–water partition coefficient (Wildman–Crippen LogP) is 4.93. The summed E-state index contributed by atoms with van der Waals surface area (Å²) in [6, 6.07) is 19.5. The average molecular weight is 481 g/mol. The Bertz CT molecular complexity index is 1360. The summed E-state index contributed by atoms with van der Waals surface area (Å²) in [4.78, 5) is 19.6. The zero-order valence-electron chi connectivity index (χ0n) is 18.6. The van der Waals surface area contributed by atoms with Crippen LogP contribution in [0.1, 0.15) is 16.7 Å². The summed E-state index contributed by atoms with van der Waals surface area (Å²) in [6.45, 7) is 4.28. The summed E-state index contributed by atoms with van der Waals surface area (Å²) in [5.41, 5.74) is 3.93. The fourth-order valence-corrected chi connectivity index (χ4v) is 5.68. The molecule has 0 saturated heterocycles. The van der Waals surface area contributed by atoms with Crippen molar-refractivity contribution >= 4 is 42.4 Å². The maximum absolute atomic E-state index is 13.4. The number of hydrogen-bond donors (Lipinski definition) is 0. The van der Waals surface area contributed by atoms with Gasteiger partial charge in [0.15, 0.2) is 15.0 Å². The third-order valence-electron chi connectivity index (χ3n) is 5.44. The van der Waals surface area contributed by atoms with Crippen LogP contribution in [0.5, 0.6) is 5.75 Å². The Labute approximate surface area is 197 Å². The summed E-state index contributed by atoms with van der Waals surface area (Å²) in [5, 5.41) is 0.480. The van der Waals surface area contributed by atoms with Gasteiger partial charge in [-0.15, -0.1) is 0 Å². The number of aromatic nitrogens is 1. The van der Waals surface area contributed by atoms with Gasteiger partial charge < -0.3 is 4.74 Å². The molecule has 3 aromatic carbocycles. The largest absolute Gasteiger partial charge is 0.497 e. The standard InChI is InChI=1S/C25H24N2O4S2/c1-17-13-22-23(14-18(17)2)32-25(26-22)27(15-19-7-5-4-6-8-19)24(28)16-33(29,30)21-11-9-20(31-3)10-12-21/h4-14H,15-16H2,1-3H3. The van der Waals surface area contributed by atoms with Crippen molar-refractivity contribution in [3.05, 3.63) is 83.4 Å². The van der Waals surface area contributed by atoms with Crippen LogP contribution in [0.25, 0.3) is 10.2 Å². The predicted molar refractivity (Wildman–Crippen MR) is 132 cm³/mol. The van der Waals surface area contributed by atoms with Gasteiger partial charge in [0, 0.05) is 0 Å². The molecule has 33 heavy (non-hydrogen) atoms. The van der Waals surface area contributed by atoms with Crippen LogP contribution in [-0.4, -0.2) is 32.2 Å². The van der Waals surface area contributed by atoms with Crippen LogP contribution in [0, 0.1) is 13.8 Å². The molecular weight excluding hydrogens is 456 g/mol. The van der Waals surface area contributed by atoms with Crippen molar-refractivity contribution in [2.45, 2.75) is 25.3 Å². The molecule has 0 radical (unpaired) electrons. The molecule has 6 nitrogen and oxygen atoms in total. The van der Waals surface area contributed by atoms with E-state index in [0.29, 0.717) is 10.9 Å². The first-order chi connectivity index (χ1) is 15.8. The van der Waals surface area contributed by atoms with Gasteiger partial charge in [-0.3, -0.25) is 9.69 Å². The number of fused-ring (bicyclic) bond motifs is 1. The van der Waals surface area contributed by atoms with Crippen molar-refractivity contribution < 1.29 is 17.9 Å². The highest BCUT2D eigenvalue weighted by atomic mass is 32.2. The average Bonchev–Trinajstić information content (AvgIpc) is 3.20. The lowest BCUT2D eigenvalue weighted by atomic mass is 10.1. The molecule has 4 aromatic rings. The quantitative estimate of drug-likeness (QED) is 0.375. The van der Waals surface area contributed by atoms with E-state index in [4.69, 9.17) is 4.74 Å². The fraction of sp³-hybridized carbons (Fsp3) is 0.200. The molecule has 0 fully saturated rings. The first-order valence-corrected chi connectivity index (χ1v) is 12.8. The van der Waals surface area contributed by atoms with E-state index in [-0.39, 0.29) is 11.4 Å². The summed E-state index contributed by atoms with van der Waals surface area (Å²) in [6.07, 6.45) is 0. The van der Waals surface area contributed by atoms with Crippen molar-refractivity contribution in [3.8, 4) is 5.75 Å². The zero-order valence-corrected chi connectivity index (χ0v) is 20.2. The van der Waals surface area contributed by atoms with Gasteiger partial charge in [0.2, 0.25) is 5.91 Å².